The van der Waals surface area contributed by atoms with Crippen molar-refractivity contribution in [2.24, 2.45) is 0 Å². The maximum atomic E-state index is 14.1. The summed E-state index contributed by atoms with van der Waals surface area (Å²) in [5.41, 5.74) is -3.37. The van der Waals surface area contributed by atoms with Gasteiger partial charge in [0.1, 0.15) is 0 Å². The van der Waals surface area contributed by atoms with Crippen molar-refractivity contribution >= 4 is 44.2 Å². The Hall–Kier alpha value is -0.330. The number of alkyl halides is 9. The van der Waals surface area contributed by atoms with E-state index in [4.69, 9.17) is 5.73 Å². The van der Waals surface area contributed by atoms with Crippen LogP contribution in [0, 0.1) is 3.57 Å². The Labute approximate surface area is 135 Å². The molecule has 11 heteroatoms. The molecule has 0 spiro atoms. The van der Waals surface area contributed by atoms with Gasteiger partial charge in [-0.25, -0.2) is 13.2 Å². The van der Waals surface area contributed by atoms with Gasteiger partial charge in [-0.05, 0) is 50.7 Å². The molecule has 1 atom stereocenters. The first kappa shape index (κ1) is 18.7. The summed E-state index contributed by atoms with van der Waals surface area (Å²) in [5, 5.41) is 0. The Morgan fingerprint density at radius 2 is 1.52 bits per heavy atom. The van der Waals surface area contributed by atoms with Gasteiger partial charge < -0.3 is 5.73 Å². The highest BCUT2D eigenvalue weighted by atomic mass is 127. The minimum Gasteiger partial charge on any atom is -0.397 e. The van der Waals surface area contributed by atoms with E-state index in [1.165, 1.54) is 38.5 Å². The van der Waals surface area contributed by atoms with Crippen molar-refractivity contribution in [3.63, 3.8) is 0 Å². The third kappa shape index (κ3) is 3.22. The van der Waals surface area contributed by atoms with Crippen LogP contribution in [0.5, 0.6) is 0 Å². The molecule has 0 fully saturated rings. The summed E-state index contributed by atoms with van der Waals surface area (Å²) < 4.78 is 104. The molecule has 1 nitrogen and oxygen atoms in total. The van der Waals surface area contributed by atoms with Crippen LogP contribution < -0.4 is 5.73 Å². The first-order chi connectivity index (χ1) is 9.23. The number of hydrogen-bond acceptors (Lipinski definition) is 1. The van der Waals surface area contributed by atoms with Crippen LogP contribution in [0.4, 0.5) is 40.8 Å². The number of halogens is 10. The van der Waals surface area contributed by atoms with Gasteiger partial charge in [0.15, 0.2) is 0 Å². The summed E-state index contributed by atoms with van der Waals surface area (Å²) in [4.78, 5) is -5.06. The van der Waals surface area contributed by atoms with Crippen LogP contribution in [-0.4, -0.2) is 11.0 Å². The minimum absolute atomic E-state index is 0.00911. The molecule has 1 aromatic carbocycles. The predicted octanol–water partition coefficient (Wildman–Crippen LogP) is 5.53. The highest BCUT2D eigenvalue weighted by Gasteiger charge is 2.71. The zero-order chi connectivity index (χ0) is 16.8. The van der Waals surface area contributed by atoms with Gasteiger partial charge in [0, 0.05) is 14.7 Å². The summed E-state index contributed by atoms with van der Waals surface area (Å²) in [6.45, 7) is 0. The first-order valence-electron chi connectivity index (χ1n) is 4.93. The van der Waals surface area contributed by atoms with Gasteiger partial charge in [-0.15, -0.1) is 0 Å². The fraction of sp³-hybridized carbons (Fsp3) is 0.400. The monoisotopic (exact) mass is 497 g/mol. The van der Waals surface area contributed by atoms with Crippen molar-refractivity contribution < 1.29 is 35.1 Å². The maximum Gasteiger partial charge on any atom is 0.433 e. The topological polar surface area (TPSA) is 26.0 Å². The molecule has 1 unspecified atom stereocenters. The SMILES string of the molecule is Nc1c(I)cc(C(F)(C(F)(F)F)C(F)(F)Br)cc1C(F)F. The lowest BCUT2D eigenvalue weighted by molar-refractivity contribution is -0.282. The Kier molecular flexibility index (Phi) is 5.08. The lowest BCUT2D eigenvalue weighted by atomic mass is 9.93. The van der Waals surface area contributed by atoms with E-state index in [1.54, 1.807) is 0 Å². The molecule has 2 N–H and O–H groups in total. The Balaban J connectivity index is 3.70. The minimum atomic E-state index is -6.04. The first-order valence-corrected chi connectivity index (χ1v) is 6.80. The van der Waals surface area contributed by atoms with Gasteiger partial charge in [-0.1, -0.05) is 0 Å². The van der Waals surface area contributed by atoms with E-state index in [0.29, 0.717) is 6.07 Å². The maximum absolute atomic E-state index is 14.1. The number of anilines is 1. The summed E-state index contributed by atoms with van der Waals surface area (Å²) in [6.07, 6.45) is -9.39. The van der Waals surface area contributed by atoms with E-state index < -0.39 is 43.5 Å². The van der Waals surface area contributed by atoms with Crippen LogP contribution in [0.3, 0.4) is 0 Å². The van der Waals surface area contributed by atoms with Crippen LogP contribution in [0.25, 0.3) is 0 Å². The molecule has 0 saturated heterocycles. The summed E-state index contributed by atoms with van der Waals surface area (Å²) in [6, 6.07) is 0.343. The molecule has 0 heterocycles. The molecule has 0 aliphatic rings. The summed E-state index contributed by atoms with van der Waals surface area (Å²) in [7, 11) is 0. The summed E-state index contributed by atoms with van der Waals surface area (Å²) in [5.74, 6) is 0. The quantitative estimate of drug-likeness (QED) is 0.253. The van der Waals surface area contributed by atoms with Crippen LogP contribution in [0.15, 0.2) is 12.1 Å². The zero-order valence-corrected chi connectivity index (χ0v) is 13.3. The summed E-state index contributed by atoms with van der Waals surface area (Å²) >= 11 is 2.58. The van der Waals surface area contributed by atoms with E-state index >= 15 is 0 Å². The van der Waals surface area contributed by atoms with Crippen molar-refractivity contribution in [1.82, 2.24) is 0 Å². The molecule has 0 aliphatic carbocycles. The van der Waals surface area contributed by atoms with Crippen LogP contribution >= 0.6 is 38.5 Å². The van der Waals surface area contributed by atoms with Crippen molar-refractivity contribution in [3.05, 3.63) is 26.8 Å². The van der Waals surface area contributed by atoms with Crippen molar-refractivity contribution in [2.45, 2.75) is 23.1 Å². The van der Waals surface area contributed by atoms with Crippen LogP contribution in [0.1, 0.15) is 17.6 Å². The molecule has 0 amide bonds. The smallest absolute Gasteiger partial charge is 0.397 e. The molecular formula is C10H5BrF8IN. The molecule has 1 aromatic rings. The fourth-order valence-corrected chi connectivity index (χ4v) is 2.61. The van der Waals surface area contributed by atoms with E-state index in [1.807, 2.05) is 0 Å². The van der Waals surface area contributed by atoms with Crippen LogP contribution in [-0.2, 0) is 5.67 Å². The van der Waals surface area contributed by atoms with Gasteiger partial charge in [-0.3, -0.25) is 0 Å². The van der Waals surface area contributed by atoms with Gasteiger partial charge in [0.05, 0.1) is 5.69 Å². The Morgan fingerprint density at radius 3 is 1.86 bits per heavy atom. The molecule has 0 aromatic heterocycles. The van der Waals surface area contributed by atoms with Crippen LogP contribution in [0.2, 0.25) is 0 Å². The van der Waals surface area contributed by atoms with E-state index in [9.17, 15) is 35.1 Å². The fourth-order valence-electron chi connectivity index (χ4n) is 1.51. The molecular weight excluding hydrogens is 493 g/mol. The number of hydrogen-bond donors (Lipinski definition) is 1. The lowest BCUT2D eigenvalue weighted by Crippen LogP contribution is -2.49. The normalized spacial score (nSPS) is 16.1. The third-order valence-corrected chi connectivity index (χ3v) is 4.01. The molecule has 120 valence electrons. The highest BCUT2D eigenvalue weighted by Crippen LogP contribution is 2.56. The Morgan fingerprint density at radius 1 is 1.05 bits per heavy atom. The molecule has 1 rings (SSSR count). The third-order valence-electron chi connectivity index (χ3n) is 2.58. The second kappa shape index (κ2) is 5.70. The van der Waals surface area contributed by atoms with Gasteiger partial charge in [0.25, 0.3) is 6.43 Å². The molecule has 0 saturated carbocycles. The van der Waals surface area contributed by atoms with Crippen molar-refractivity contribution in [3.8, 4) is 0 Å². The van der Waals surface area contributed by atoms with E-state index in [0.717, 1.165) is 0 Å². The molecule has 0 bridgehead atoms. The number of benzene rings is 1. The standard InChI is InChI=1S/C10H5BrF8IN/c11-9(15,16)8(14,10(17,18)19)3-1-4(7(12)13)6(21)5(20)2-3/h1-2,7H,21H2. The second-order valence-electron chi connectivity index (χ2n) is 3.92. The predicted molar refractivity (Wildman–Crippen MR) is 71.2 cm³/mol. The van der Waals surface area contributed by atoms with Gasteiger partial charge >= 0.3 is 16.7 Å². The average molecular weight is 498 g/mol. The molecule has 0 radical (unpaired) electrons. The van der Waals surface area contributed by atoms with Gasteiger partial charge in [0.2, 0.25) is 0 Å². The van der Waals surface area contributed by atoms with E-state index in [2.05, 4.69) is 0 Å². The lowest BCUT2D eigenvalue weighted by Gasteiger charge is -2.32. The number of nitrogens with two attached hydrogens (primary N) is 1. The number of rotatable bonds is 3. The highest BCUT2D eigenvalue weighted by molar-refractivity contribution is 14.1. The molecule has 21 heavy (non-hydrogen) atoms. The largest absolute Gasteiger partial charge is 0.433 e. The Bertz CT molecular complexity index is 525. The molecule has 0 aliphatic heterocycles. The van der Waals surface area contributed by atoms with E-state index in [-0.39, 0.29) is 6.07 Å². The van der Waals surface area contributed by atoms with Gasteiger partial charge in [-0.2, -0.15) is 22.0 Å². The second-order valence-corrected chi connectivity index (χ2v) is 6.07. The zero-order valence-electron chi connectivity index (χ0n) is 9.59. The van der Waals surface area contributed by atoms with Crippen molar-refractivity contribution in [1.29, 1.82) is 0 Å². The van der Waals surface area contributed by atoms with Crippen molar-refractivity contribution in [2.75, 3.05) is 5.73 Å². The average Bonchev–Trinajstić information content (AvgIpc) is 2.27. The number of nitrogen functional groups attached to an aromatic ring is 1.